The van der Waals surface area contributed by atoms with E-state index in [-0.39, 0.29) is 37.9 Å². The van der Waals surface area contributed by atoms with Gasteiger partial charge >= 0.3 is 0 Å². The van der Waals surface area contributed by atoms with Gasteiger partial charge in [-0.05, 0) is 379 Å². The van der Waals surface area contributed by atoms with Gasteiger partial charge < -0.3 is 0 Å². The monoisotopic (exact) mass is 1650 g/mol. The Balaban J connectivity index is 0.640. The number of fused-ring (bicyclic) bond motifs is 29. The van der Waals surface area contributed by atoms with Crippen LogP contribution in [0.2, 0.25) is 0 Å². The summed E-state index contributed by atoms with van der Waals surface area (Å²) in [4.78, 5) is 0. The normalized spacial score (nSPS) is 16.4. The molecule has 23 rings (SSSR count). The molecular weight excluding hydrogens is 1530 g/mol. The molecule has 0 amide bonds. The summed E-state index contributed by atoms with van der Waals surface area (Å²) >= 11 is 0. The van der Waals surface area contributed by atoms with Crippen molar-refractivity contribution in [2.45, 2.75) is 252 Å². The molecule has 0 saturated heterocycles. The molecule has 16 aromatic rings. The van der Waals surface area contributed by atoms with Crippen LogP contribution in [0.15, 0.2) is 243 Å². The fourth-order valence-corrected chi connectivity index (χ4v) is 26.9. The Morgan fingerprint density at radius 3 is 0.654 bits per heavy atom. The minimum absolute atomic E-state index is 0.0803. The van der Waals surface area contributed by atoms with E-state index in [4.69, 9.17) is 0 Å². The lowest BCUT2D eigenvalue weighted by atomic mass is 9.69. The quantitative estimate of drug-likeness (QED) is 0.0751. The van der Waals surface area contributed by atoms with Gasteiger partial charge in [0.2, 0.25) is 0 Å². The third-order valence-electron chi connectivity index (χ3n) is 33.9. The van der Waals surface area contributed by atoms with Crippen molar-refractivity contribution >= 4 is 43.1 Å². The van der Waals surface area contributed by atoms with Crippen LogP contribution in [-0.2, 0) is 37.9 Å². The summed E-state index contributed by atoms with van der Waals surface area (Å²) in [5.41, 5.74) is 54.9. The zero-order valence-corrected chi connectivity index (χ0v) is 78.5. The van der Waals surface area contributed by atoms with Gasteiger partial charge in [0.1, 0.15) is 0 Å². The Kier molecular flexibility index (Phi) is 17.8. The summed E-state index contributed by atoms with van der Waals surface area (Å²) in [5.74, 6) is 0. The van der Waals surface area contributed by atoms with Crippen LogP contribution in [0.25, 0.3) is 165 Å². The number of hydrogen-bond donors (Lipinski definition) is 0. The fraction of sp³-hybridized carbons (Fsp3) is 0.307. The Hall–Kier alpha value is -11.4. The molecule has 0 atom stereocenters. The molecule has 16 aromatic carbocycles. The molecule has 127 heavy (non-hydrogen) atoms. The second kappa shape index (κ2) is 28.3. The first-order valence-electron chi connectivity index (χ1n) is 48.6. The summed E-state index contributed by atoms with van der Waals surface area (Å²) in [5, 5.41) is 10.7. The van der Waals surface area contributed by atoms with Crippen molar-refractivity contribution in [3.05, 3.63) is 343 Å². The lowest BCUT2D eigenvalue weighted by Crippen LogP contribution is -2.26. The fourth-order valence-electron chi connectivity index (χ4n) is 26.9. The molecule has 0 nitrogen and oxygen atoms in total. The van der Waals surface area contributed by atoms with Gasteiger partial charge in [0.25, 0.3) is 0 Å². The second-order valence-corrected chi connectivity index (χ2v) is 43.3. The van der Waals surface area contributed by atoms with E-state index in [0.717, 1.165) is 12.8 Å². The molecule has 0 aliphatic heterocycles. The Morgan fingerprint density at radius 2 is 0.370 bits per heavy atom. The van der Waals surface area contributed by atoms with Crippen LogP contribution >= 0.6 is 0 Å². The molecule has 630 valence electrons. The molecule has 0 saturated carbocycles. The number of benzene rings is 16. The summed E-state index contributed by atoms with van der Waals surface area (Å²) in [6, 6.07) is 98.3. The van der Waals surface area contributed by atoms with Crippen molar-refractivity contribution in [3.8, 4) is 122 Å². The Morgan fingerprint density at radius 1 is 0.165 bits per heavy atom. The molecule has 0 heterocycles. The number of unbranched alkanes of at least 4 members (excludes halogenated alkanes) is 10. The Bertz CT molecular complexity index is 7050. The average molecular weight is 1650 g/mol. The average Bonchev–Trinajstić information content (AvgIpc) is 1.57. The highest BCUT2D eigenvalue weighted by Crippen LogP contribution is 2.67. The van der Waals surface area contributed by atoms with E-state index < -0.39 is 0 Å². The first-order valence-corrected chi connectivity index (χ1v) is 48.6. The van der Waals surface area contributed by atoms with Crippen molar-refractivity contribution in [2.75, 3.05) is 0 Å². The van der Waals surface area contributed by atoms with E-state index in [1.165, 1.54) is 332 Å². The highest BCUT2D eigenvalue weighted by atomic mass is 14.5. The van der Waals surface area contributed by atoms with Gasteiger partial charge in [0.05, 0.1) is 0 Å². The van der Waals surface area contributed by atoms with E-state index >= 15 is 0 Å². The predicted molar refractivity (Wildman–Crippen MR) is 545 cm³/mol. The SMILES string of the molecule is CCCCCCCCC1(CCCCCCCC)c2cc3c(cc2-c2cc4c(cc21)-c1c(cc(-c2cc(C)c(-c5cc6c(c7ccccc57)-c5cc7c(cc5C6(C)C)-c5ccccc5C7(C)C)cc2C)c2ccccc12)C4(C)C)C(C)(C)c1cc(-c2cc(C)c(-c4cc5c(c6ccccc46)-c4cc6c(cc4C5(C)C)-c4ccccc4C6(C)C)cc2C)c2ccccc2c1-3. The lowest BCUT2D eigenvalue weighted by Gasteiger charge is -2.34. The zero-order valence-electron chi connectivity index (χ0n) is 78.5. The summed E-state index contributed by atoms with van der Waals surface area (Å²) in [7, 11) is 0. The van der Waals surface area contributed by atoms with Crippen molar-refractivity contribution < 1.29 is 0 Å². The minimum Gasteiger partial charge on any atom is -0.0654 e. The van der Waals surface area contributed by atoms with Crippen LogP contribution < -0.4 is 0 Å². The number of rotatable bonds is 18. The molecule has 0 unspecified atom stereocenters. The third-order valence-corrected chi connectivity index (χ3v) is 33.9. The van der Waals surface area contributed by atoms with Crippen LogP contribution in [0.4, 0.5) is 0 Å². The molecule has 0 heteroatoms. The van der Waals surface area contributed by atoms with Gasteiger partial charge in [0.15, 0.2) is 0 Å². The van der Waals surface area contributed by atoms with Crippen LogP contribution in [0, 0.1) is 27.7 Å². The Labute approximate surface area is 755 Å². The van der Waals surface area contributed by atoms with Gasteiger partial charge in [-0.25, -0.2) is 0 Å². The molecule has 0 spiro atoms. The maximum atomic E-state index is 2.83. The summed E-state index contributed by atoms with van der Waals surface area (Å²) in [6.45, 7) is 44.1. The van der Waals surface area contributed by atoms with E-state index in [0.29, 0.717) is 0 Å². The van der Waals surface area contributed by atoms with Crippen LogP contribution in [-0.4, -0.2) is 0 Å². The van der Waals surface area contributed by atoms with Gasteiger partial charge in [-0.2, -0.15) is 0 Å². The number of aryl methyl sites for hydroxylation is 4. The van der Waals surface area contributed by atoms with Gasteiger partial charge in [-0.15, -0.1) is 0 Å². The molecule has 0 N–H and O–H groups in total. The van der Waals surface area contributed by atoms with Crippen LogP contribution in [0.1, 0.15) is 287 Å². The maximum Gasteiger partial charge on any atom is 0.0215 e. The topological polar surface area (TPSA) is 0 Å². The molecule has 7 aliphatic rings. The molecular formula is C127H122. The second-order valence-electron chi connectivity index (χ2n) is 43.3. The predicted octanol–water partition coefficient (Wildman–Crippen LogP) is 35.8. The minimum atomic E-state index is -0.292. The standard InChI is InChI=1S/C127H122/c1-19-21-23-25-27-41-55-127(56-42-28-26-24-22-20-2)111-71-101-109(125(15,16)115-63-93(79-45-31-35-51-85(79)119(101)115)89-59-73(3)87(57-75(89)5)91-61-113-117(83-49-33-29-43-77(83)91)99-69-105-95(65-107(99)123(113,11)12)81-47-37-39-53-103(81)121(105,7)8)67-97(111)98-68-110-102(72-112(98)127)120-86-52-36-32-46-80(86)94(64-116(120)126(110,17)18)90-60-74(4)88(58-76(90)6)92-62-114-118(84-50-34-30-44-78(84)92)100-70-106-96(66-108(100)124(114,13)14)82-48-38-40-54-104(82)122(106,9)10/h29-40,43-54,57-72H,19-28,41-42,55-56H2,1-18H3. The van der Waals surface area contributed by atoms with E-state index in [1.54, 1.807) is 11.1 Å². The van der Waals surface area contributed by atoms with Crippen molar-refractivity contribution in [3.63, 3.8) is 0 Å². The van der Waals surface area contributed by atoms with Crippen molar-refractivity contribution in [2.24, 2.45) is 0 Å². The lowest BCUT2D eigenvalue weighted by molar-refractivity contribution is 0.398. The van der Waals surface area contributed by atoms with E-state index in [9.17, 15) is 0 Å². The first kappa shape index (κ1) is 80.1. The molecule has 7 aliphatic carbocycles. The van der Waals surface area contributed by atoms with E-state index in [1.807, 2.05) is 0 Å². The third kappa shape index (κ3) is 11.2. The number of hydrogen-bond acceptors (Lipinski definition) is 0. The smallest absolute Gasteiger partial charge is 0.0215 e. The van der Waals surface area contributed by atoms with E-state index in [2.05, 4.69) is 367 Å². The van der Waals surface area contributed by atoms with Crippen LogP contribution in [0.3, 0.4) is 0 Å². The van der Waals surface area contributed by atoms with Gasteiger partial charge in [-0.3, -0.25) is 0 Å². The molecule has 0 bridgehead atoms. The highest BCUT2D eigenvalue weighted by Gasteiger charge is 2.51. The van der Waals surface area contributed by atoms with Gasteiger partial charge in [-0.1, -0.05) is 344 Å². The molecule has 0 radical (unpaired) electrons. The summed E-state index contributed by atoms with van der Waals surface area (Å²) in [6.07, 6.45) is 17.7. The first-order chi connectivity index (χ1) is 61.1. The highest BCUT2D eigenvalue weighted by molar-refractivity contribution is 6.16. The van der Waals surface area contributed by atoms with Crippen molar-refractivity contribution in [1.82, 2.24) is 0 Å². The van der Waals surface area contributed by atoms with Crippen LogP contribution in [0.5, 0.6) is 0 Å². The molecule has 0 fully saturated rings. The largest absolute Gasteiger partial charge is 0.0654 e. The zero-order chi connectivity index (χ0) is 87.4. The molecule has 0 aromatic heterocycles. The van der Waals surface area contributed by atoms with Crippen molar-refractivity contribution in [1.29, 1.82) is 0 Å². The maximum absolute atomic E-state index is 2.83. The summed E-state index contributed by atoms with van der Waals surface area (Å²) < 4.78 is 0. The van der Waals surface area contributed by atoms with Gasteiger partial charge in [0, 0.05) is 37.9 Å².